The molecule has 0 saturated carbocycles. The maximum absolute atomic E-state index is 6.11. The molecule has 0 aliphatic rings. The van der Waals surface area contributed by atoms with E-state index in [0.717, 1.165) is 16.0 Å². The number of nitrogens with two attached hydrogens (primary N) is 1. The minimum absolute atomic E-state index is 0.632. The van der Waals surface area contributed by atoms with Crippen LogP contribution in [0.5, 0.6) is 0 Å². The van der Waals surface area contributed by atoms with Crippen LogP contribution in [-0.2, 0) is 0 Å². The molecule has 0 unspecified atom stereocenters. The molecular weight excluding hydrogens is 196 g/mol. The third-order valence-corrected chi connectivity index (χ3v) is 2.38. The minimum atomic E-state index is 0.632. The van der Waals surface area contributed by atoms with Crippen molar-refractivity contribution in [3.63, 3.8) is 0 Å². The quantitative estimate of drug-likeness (QED) is 0.751. The highest BCUT2D eigenvalue weighted by Crippen LogP contribution is 2.09. The van der Waals surface area contributed by atoms with Crippen molar-refractivity contribution in [1.82, 2.24) is 4.98 Å². The number of hydrogen-bond donors (Lipinski definition) is 1. The summed E-state index contributed by atoms with van der Waals surface area (Å²) in [5.41, 5.74) is 7.25. The molecule has 0 saturated heterocycles. The predicted molar refractivity (Wildman–Crippen MR) is 60.8 cm³/mol. The normalized spacial score (nSPS) is 14.8. The van der Waals surface area contributed by atoms with Gasteiger partial charge in [0, 0.05) is 28.5 Å². The summed E-state index contributed by atoms with van der Waals surface area (Å²) in [6.45, 7) is 7.47. The Hall–Kier alpha value is -1.28. The molecular formula is C11H13ClN2. The average Bonchev–Trinajstić information content (AvgIpc) is 2.16. The molecule has 1 heterocycles. The summed E-state index contributed by atoms with van der Waals surface area (Å²) < 4.78 is 0. The van der Waals surface area contributed by atoms with Crippen molar-refractivity contribution in [2.45, 2.75) is 13.8 Å². The maximum atomic E-state index is 6.11. The highest BCUT2D eigenvalue weighted by Gasteiger charge is 1.97. The molecule has 3 heteroatoms. The van der Waals surface area contributed by atoms with Gasteiger partial charge in [0.2, 0.25) is 0 Å². The second-order valence-corrected chi connectivity index (χ2v) is 3.58. The number of rotatable bonds is 1. The molecule has 0 aliphatic carbocycles. The molecule has 0 atom stereocenters. The van der Waals surface area contributed by atoms with Crippen molar-refractivity contribution in [2.75, 3.05) is 0 Å². The van der Waals surface area contributed by atoms with Gasteiger partial charge >= 0.3 is 0 Å². The van der Waals surface area contributed by atoms with E-state index in [4.69, 9.17) is 17.3 Å². The summed E-state index contributed by atoms with van der Waals surface area (Å²) in [6.07, 6.45) is 3.39. The summed E-state index contributed by atoms with van der Waals surface area (Å²) in [4.78, 5) is 4.01. The lowest BCUT2D eigenvalue weighted by molar-refractivity contribution is 1.25. The van der Waals surface area contributed by atoms with Gasteiger partial charge in [0.15, 0.2) is 0 Å². The summed E-state index contributed by atoms with van der Waals surface area (Å²) in [5, 5.41) is 2.38. The standard InChI is InChI=1S/C11H13ClN2/c1-7(2)11(12)9-4-5-14-6-10(9)8(3)13/h4-6H,1,13H2,2-3H3/b10-8+,11-9+. The fraction of sp³-hybridized carbons (Fsp3) is 0.182. The van der Waals surface area contributed by atoms with Crippen LogP contribution in [0, 0.1) is 0 Å². The summed E-state index contributed by atoms with van der Waals surface area (Å²) >= 11 is 6.11. The molecule has 0 radical (unpaired) electrons. The molecule has 0 fully saturated rings. The first-order chi connectivity index (χ1) is 6.54. The van der Waals surface area contributed by atoms with Crippen molar-refractivity contribution >= 4 is 22.3 Å². The lowest BCUT2D eigenvalue weighted by Crippen LogP contribution is -2.30. The second kappa shape index (κ2) is 4.29. The van der Waals surface area contributed by atoms with Gasteiger partial charge in [0.05, 0.1) is 5.03 Å². The van der Waals surface area contributed by atoms with Crippen LogP contribution in [0.1, 0.15) is 13.8 Å². The monoisotopic (exact) mass is 208 g/mol. The first-order valence-electron chi connectivity index (χ1n) is 4.26. The number of hydrogen-bond acceptors (Lipinski definition) is 2. The topological polar surface area (TPSA) is 38.9 Å². The molecule has 0 aliphatic heterocycles. The second-order valence-electron chi connectivity index (χ2n) is 3.20. The van der Waals surface area contributed by atoms with Gasteiger partial charge in [0.25, 0.3) is 0 Å². The van der Waals surface area contributed by atoms with E-state index in [-0.39, 0.29) is 0 Å². The van der Waals surface area contributed by atoms with E-state index in [9.17, 15) is 0 Å². The van der Waals surface area contributed by atoms with Gasteiger partial charge in [-0.1, -0.05) is 18.2 Å². The van der Waals surface area contributed by atoms with Gasteiger partial charge in [-0.2, -0.15) is 0 Å². The van der Waals surface area contributed by atoms with Gasteiger partial charge in [-0.3, -0.25) is 4.98 Å². The summed E-state index contributed by atoms with van der Waals surface area (Å²) in [5.74, 6) is 0. The predicted octanol–water partition coefficient (Wildman–Crippen LogP) is 1.09. The zero-order valence-corrected chi connectivity index (χ0v) is 9.10. The lowest BCUT2D eigenvalue weighted by atomic mass is 10.2. The molecule has 0 bridgehead atoms. The van der Waals surface area contributed by atoms with Crippen LogP contribution in [0.2, 0.25) is 0 Å². The zero-order valence-electron chi connectivity index (χ0n) is 8.34. The van der Waals surface area contributed by atoms with Crippen LogP contribution in [-0.4, -0.2) is 4.98 Å². The number of aromatic nitrogens is 1. The fourth-order valence-corrected chi connectivity index (χ4v) is 1.29. The van der Waals surface area contributed by atoms with Gasteiger partial charge in [-0.05, 0) is 25.5 Å². The van der Waals surface area contributed by atoms with E-state index in [0.29, 0.717) is 10.7 Å². The third-order valence-electron chi connectivity index (χ3n) is 1.86. The van der Waals surface area contributed by atoms with E-state index in [1.54, 1.807) is 12.4 Å². The molecule has 0 aromatic carbocycles. The summed E-state index contributed by atoms with van der Waals surface area (Å²) in [6, 6.07) is 1.84. The Bertz CT molecular complexity index is 470. The Morgan fingerprint density at radius 2 is 2.07 bits per heavy atom. The Labute approximate surface area is 88.4 Å². The number of nitrogens with zero attached hydrogens (tertiary/aromatic N) is 1. The number of pyridine rings is 1. The van der Waals surface area contributed by atoms with E-state index in [2.05, 4.69) is 11.6 Å². The maximum Gasteiger partial charge on any atom is 0.0509 e. The van der Waals surface area contributed by atoms with Gasteiger partial charge < -0.3 is 5.73 Å². The van der Waals surface area contributed by atoms with Crippen LogP contribution in [0.4, 0.5) is 0 Å². The minimum Gasteiger partial charge on any atom is -0.402 e. The highest BCUT2D eigenvalue weighted by atomic mass is 35.5. The van der Waals surface area contributed by atoms with E-state index in [1.165, 1.54) is 0 Å². The molecule has 2 N–H and O–H groups in total. The van der Waals surface area contributed by atoms with Gasteiger partial charge in [-0.15, -0.1) is 0 Å². The average molecular weight is 209 g/mol. The van der Waals surface area contributed by atoms with E-state index >= 15 is 0 Å². The molecule has 0 spiro atoms. The van der Waals surface area contributed by atoms with Crippen molar-refractivity contribution in [1.29, 1.82) is 0 Å². The number of halogens is 1. The zero-order chi connectivity index (χ0) is 10.7. The van der Waals surface area contributed by atoms with Crippen LogP contribution in [0.15, 0.2) is 30.6 Å². The van der Waals surface area contributed by atoms with Gasteiger partial charge in [-0.25, -0.2) is 0 Å². The van der Waals surface area contributed by atoms with Crippen LogP contribution >= 0.6 is 11.6 Å². The largest absolute Gasteiger partial charge is 0.402 e. The number of allylic oxidation sites excluding steroid dienone is 1. The van der Waals surface area contributed by atoms with E-state index in [1.807, 2.05) is 19.9 Å². The lowest BCUT2D eigenvalue weighted by Gasteiger charge is -1.98. The van der Waals surface area contributed by atoms with Crippen molar-refractivity contribution in [3.8, 4) is 0 Å². The first-order valence-corrected chi connectivity index (χ1v) is 4.64. The molecule has 2 nitrogen and oxygen atoms in total. The van der Waals surface area contributed by atoms with Crippen LogP contribution in [0.3, 0.4) is 0 Å². The Kier molecular flexibility index (Phi) is 3.31. The SMILES string of the molecule is C=C(C)/C(Cl)=c1/ccnc/c1=C(/C)N. The Morgan fingerprint density at radius 3 is 2.57 bits per heavy atom. The van der Waals surface area contributed by atoms with Gasteiger partial charge in [0.1, 0.15) is 0 Å². The Morgan fingerprint density at radius 1 is 1.43 bits per heavy atom. The van der Waals surface area contributed by atoms with Crippen molar-refractivity contribution < 1.29 is 0 Å². The fourth-order valence-electron chi connectivity index (χ4n) is 1.13. The molecule has 1 aromatic heterocycles. The first kappa shape index (κ1) is 10.8. The molecule has 0 amide bonds. The summed E-state index contributed by atoms with van der Waals surface area (Å²) in [7, 11) is 0. The molecule has 1 rings (SSSR count). The van der Waals surface area contributed by atoms with Crippen molar-refractivity contribution in [3.05, 3.63) is 41.0 Å². The van der Waals surface area contributed by atoms with Crippen molar-refractivity contribution in [2.24, 2.45) is 5.73 Å². The van der Waals surface area contributed by atoms with E-state index < -0.39 is 0 Å². The molecule has 14 heavy (non-hydrogen) atoms. The Balaban J connectivity index is 3.76. The smallest absolute Gasteiger partial charge is 0.0509 e. The highest BCUT2D eigenvalue weighted by molar-refractivity contribution is 6.48. The molecule has 74 valence electrons. The third kappa shape index (κ3) is 2.15. The van der Waals surface area contributed by atoms with Crippen LogP contribution < -0.4 is 16.2 Å². The van der Waals surface area contributed by atoms with Crippen LogP contribution in [0.25, 0.3) is 10.7 Å². The molecule has 1 aromatic rings.